The Balaban J connectivity index is 3.18. The Bertz CT molecular complexity index is 383. The maximum Gasteiger partial charge on any atom is 0.132 e. The molecule has 1 aromatic carbocycles. The second-order valence-electron chi connectivity index (χ2n) is 4.24. The highest BCUT2D eigenvalue weighted by molar-refractivity contribution is 6.34. The molecule has 0 radical (unpaired) electrons. The van der Waals surface area contributed by atoms with Crippen molar-refractivity contribution in [2.75, 3.05) is 0 Å². The number of ether oxygens (including phenoxy) is 1. The summed E-state index contributed by atoms with van der Waals surface area (Å²) >= 11 is 5.95. The van der Waals surface area contributed by atoms with Crippen LogP contribution in [0.2, 0.25) is 5.02 Å². The topological polar surface area (TPSA) is 59.1 Å². The molecule has 82 valence electrons. The van der Waals surface area contributed by atoms with Crippen LogP contribution in [-0.2, 0) is 0 Å². The largest absolute Gasteiger partial charge is 0.487 e. The van der Waals surface area contributed by atoms with Gasteiger partial charge in [-0.1, -0.05) is 17.7 Å². The maximum absolute atomic E-state index is 7.44. The lowest BCUT2D eigenvalue weighted by Crippen LogP contribution is -2.25. The summed E-state index contributed by atoms with van der Waals surface area (Å²) in [6, 6.07) is 5.22. The second-order valence-corrected chi connectivity index (χ2v) is 4.65. The first-order valence-corrected chi connectivity index (χ1v) is 5.01. The third kappa shape index (κ3) is 3.13. The molecule has 0 saturated carbocycles. The maximum atomic E-state index is 7.44. The van der Waals surface area contributed by atoms with E-state index < -0.39 is 0 Å². The highest BCUT2D eigenvalue weighted by atomic mass is 35.5. The van der Waals surface area contributed by atoms with Crippen molar-refractivity contribution in [2.24, 2.45) is 5.73 Å². The lowest BCUT2D eigenvalue weighted by atomic mass is 10.1. The molecule has 0 aromatic heterocycles. The average molecular weight is 227 g/mol. The van der Waals surface area contributed by atoms with Crippen molar-refractivity contribution in [2.45, 2.75) is 26.4 Å². The van der Waals surface area contributed by atoms with Crippen molar-refractivity contribution < 1.29 is 4.74 Å². The standard InChI is InChI=1S/C11H15ClN2O/c1-11(2,3)15-8-6-4-5-7(12)9(8)10(13)14/h4-6H,1-3H3,(H3,13,14). The normalized spacial score (nSPS) is 11.2. The molecule has 1 aromatic rings. The van der Waals surface area contributed by atoms with Crippen LogP contribution < -0.4 is 10.5 Å². The molecule has 1 rings (SSSR count). The molecule has 0 aliphatic heterocycles. The number of hydrogen-bond donors (Lipinski definition) is 2. The molecular weight excluding hydrogens is 212 g/mol. The highest BCUT2D eigenvalue weighted by Gasteiger charge is 2.17. The number of nitrogen functional groups attached to an aromatic ring is 1. The Morgan fingerprint density at radius 2 is 2.00 bits per heavy atom. The molecule has 0 fully saturated rings. The number of benzene rings is 1. The number of amidine groups is 1. The van der Waals surface area contributed by atoms with Gasteiger partial charge in [0.2, 0.25) is 0 Å². The lowest BCUT2D eigenvalue weighted by Gasteiger charge is -2.23. The molecule has 4 heteroatoms. The van der Waals surface area contributed by atoms with Crippen molar-refractivity contribution in [3.63, 3.8) is 0 Å². The van der Waals surface area contributed by atoms with Crippen LogP contribution in [0, 0.1) is 5.41 Å². The number of nitrogens with two attached hydrogens (primary N) is 1. The van der Waals surface area contributed by atoms with Crippen LogP contribution in [0.4, 0.5) is 0 Å². The first-order chi connectivity index (χ1) is 6.81. The van der Waals surface area contributed by atoms with Crippen molar-refractivity contribution >= 4 is 17.4 Å². The fourth-order valence-corrected chi connectivity index (χ4v) is 1.45. The minimum Gasteiger partial charge on any atom is -0.487 e. The van der Waals surface area contributed by atoms with Crippen LogP contribution in [0.3, 0.4) is 0 Å². The van der Waals surface area contributed by atoms with E-state index in [2.05, 4.69) is 0 Å². The van der Waals surface area contributed by atoms with Crippen molar-refractivity contribution in [1.29, 1.82) is 5.41 Å². The first kappa shape index (κ1) is 11.9. The summed E-state index contributed by atoms with van der Waals surface area (Å²) in [5, 5.41) is 7.87. The van der Waals surface area contributed by atoms with Crippen LogP contribution in [0.15, 0.2) is 18.2 Å². The zero-order chi connectivity index (χ0) is 11.6. The molecule has 0 amide bonds. The third-order valence-electron chi connectivity index (χ3n) is 1.66. The Morgan fingerprint density at radius 1 is 1.40 bits per heavy atom. The van der Waals surface area contributed by atoms with Crippen LogP contribution >= 0.6 is 11.6 Å². The zero-order valence-corrected chi connectivity index (χ0v) is 9.85. The van der Waals surface area contributed by atoms with Gasteiger partial charge in [-0.25, -0.2) is 0 Å². The highest BCUT2D eigenvalue weighted by Crippen LogP contribution is 2.28. The summed E-state index contributed by atoms with van der Waals surface area (Å²) in [6.07, 6.45) is 0. The SMILES string of the molecule is CC(C)(C)Oc1cccc(Cl)c1C(=N)N. The van der Waals surface area contributed by atoms with E-state index in [1.54, 1.807) is 18.2 Å². The van der Waals surface area contributed by atoms with E-state index in [-0.39, 0.29) is 11.4 Å². The minimum atomic E-state index is -0.338. The predicted molar refractivity (Wildman–Crippen MR) is 62.8 cm³/mol. The molecule has 15 heavy (non-hydrogen) atoms. The van der Waals surface area contributed by atoms with Gasteiger partial charge in [-0.2, -0.15) is 0 Å². The fourth-order valence-electron chi connectivity index (χ4n) is 1.18. The number of hydrogen-bond acceptors (Lipinski definition) is 2. The summed E-state index contributed by atoms with van der Waals surface area (Å²) < 4.78 is 5.67. The van der Waals surface area contributed by atoms with E-state index in [4.69, 9.17) is 27.5 Å². The van der Waals surface area contributed by atoms with E-state index >= 15 is 0 Å². The van der Waals surface area contributed by atoms with Crippen LogP contribution in [0.1, 0.15) is 26.3 Å². The molecule has 0 bridgehead atoms. The monoisotopic (exact) mass is 226 g/mol. The third-order valence-corrected chi connectivity index (χ3v) is 1.98. The number of nitrogens with one attached hydrogen (secondary N) is 1. The Labute approximate surface area is 94.7 Å². The van der Waals surface area contributed by atoms with E-state index in [1.807, 2.05) is 20.8 Å². The molecular formula is C11H15ClN2O. The molecule has 0 heterocycles. The Morgan fingerprint density at radius 3 is 2.47 bits per heavy atom. The predicted octanol–water partition coefficient (Wildman–Crippen LogP) is 2.80. The van der Waals surface area contributed by atoms with E-state index in [1.165, 1.54) is 0 Å². The number of halogens is 1. The first-order valence-electron chi connectivity index (χ1n) is 4.63. The Hall–Kier alpha value is -1.22. The van der Waals surface area contributed by atoms with Gasteiger partial charge < -0.3 is 10.5 Å². The summed E-state index contributed by atoms with van der Waals surface area (Å²) in [6.45, 7) is 5.79. The summed E-state index contributed by atoms with van der Waals surface area (Å²) in [7, 11) is 0. The molecule has 0 spiro atoms. The van der Waals surface area contributed by atoms with Gasteiger partial charge in [0.1, 0.15) is 17.2 Å². The second kappa shape index (κ2) is 4.11. The smallest absolute Gasteiger partial charge is 0.132 e. The van der Waals surface area contributed by atoms with Gasteiger partial charge in [0.15, 0.2) is 0 Å². The molecule has 0 atom stereocenters. The molecule has 3 nitrogen and oxygen atoms in total. The molecule has 0 aliphatic rings. The quantitative estimate of drug-likeness (QED) is 0.602. The van der Waals surface area contributed by atoms with Crippen LogP contribution in [0.25, 0.3) is 0 Å². The minimum absolute atomic E-state index is 0.0835. The van der Waals surface area contributed by atoms with Gasteiger partial charge in [-0.3, -0.25) is 5.41 Å². The summed E-state index contributed by atoms with van der Waals surface area (Å²) in [5.41, 5.74) is 5.57. The van der Waals surface area contributed by atoms with Gasteiger partial charge in [0.25, 0.3) is 0 Å². The molecule has 0 unspecified atom stereocenters. The van der Waals surface area contributed by atoms with Gasteiger partial charge in [-0.05, 0) is 32.9 Å². The van der Waals surface area contributed by atoms with Gasteiger partial charge in [0, 0.05) is 0 Å². The fraction of sp³-hybridized carbons (Fsp3) is 0.364. The van der Waals surface area contributed by atoms with Crippen molar-refractivity contribution in [3.05, 3.63) is 28.8 Å². The Kier molecular flexibility index (Phi) is 3.25. The average Bonchev–Trinajstić information content (AvgIpc) is 1.99. The van der Waals surface area contributed by atoms with E-state index in [9.17, 15) is 0 Å². The van der Waals surface area contributed by atoms with Gasteiger partial charge in [-0.15, -0.1) is 0 Å². The molecule has 0 saturated heterocycles. The van der Waals surface area contributed by atoms with Gasteiger partial charge in [0.05, 0.1) is 10.6 Å². The lowest BCUT2D eigenvalue weighted by molar-refractivity contribution is 0.130. The molecule has 3 N–H and O–H groups in total. The van der Waals surface area contributed by atoms with E-state index in [0.717, 1.165) is 0 Å². The van der Waals surface area contributed by atoms with Crippen molar-refractivity contribution in [3.8, 4) is 5.75 Å². The number of rotatable bonds is 2. The van der Waals surface area contributed by atoms with Crippen molar-refractivity contribution in [1.82, 2.24) is 0 Å². The summed E-state index contributed by atoms with van der Waals surface area (Å²) in [5.74, 6) is 0.461. The van der Waals surface area contributed by atoms with Crippen LogP contribution in [-0.4, -0.2) is 11.4 Å². The summed E-state index contributed by atoms with van der Waals surface area (Å²) in [4.78, 5) is 0. The molecule has 0 aliphatic carbocycles. The van der Waals surface area contributed by atoms with Crippen LogP contribution in [0.5, 0.6) is 5.75 Å². The van der Waals surface area contributed by atoms with Gasteiger partial charge >= 0.3 is 0 Å². The zero-order valence-electron chi connectivity index (χ0n) is 9.10. The van der Waals surface area contributed by atoms with E-state index in [0.29, 0.717) is 16.3 Å².